The van der Waals surface area contributed by atoms with Gasteiger partial charge in [0.05, 0.1) is 0 Å². The van der Waals surface area contributed by atoms with E-state index in [0.717, 1.165) is 6.42 Å². The van der Waals surface area contributed by atoms with Crippen LogP contribution in [0.1, 0.15) is 39.5 Å². The largest absolute Gasteiger partial charge is 0.481 e. The highest BCUT2D eigenvalue weighted by Crippen LogP contribution is 2.11. The molecule has 0 saturated heterocycles. The molecule has 0 bridgehead atoms. The summed E-state index contributed by atoms with van der Waals surface area (Å²) >= 11 is 0. The first-order valence-corrected chi connectivity index (χ1v) is 4.75. The maximum absolute atomic E-state index is 11.1. The fourth-order valence-electron chi connectivity index (χ4n) is 1.07. The topological polar surface area (TPSA) is 54.4 Å². The van der Waals surface area contributed by atoms with Gasteiger partial charge in [0.1, 0.15) is 5.78 Å². The summed E-state index contributed by atoms with van der Waals surface area (Å²) in [5.41, 5.74) is 0. The summed E-state index contributed by atoms with van der Waals surface area (Å²) in [5, 5.41) is 8.47. The van der Waals surface area contributed by atoms with Crippen molar-refractivity contribution in [2.45, 2.75) is 39.5 Å². The van der Waals surface area contributed by atoms with Crippen LogP contribution in [-0.2, 0) is 9.59 Å². The van der Waals surface area contributed by atoms with Crippen LogP contribution in [0.2, 0.25) is 0 Å². The van der Waals surface area contributed by atoms with E-state index in [4.69, 9.17) is 5.11 Å². The standard InChI is InChI=1S/C11H16O3/c1-3-4-5-6-10(9(2)12)7-8-11(13)14/h10H,3,6-8H2,1-2H3,(H,13,14). The molecular formula is C11H16O3. The maximum atomic E-state index is 11.1. The lowest BCUT2D eigenvalue weighted by Crippen LogP contribution is -2.12. The highest BCUT2D eigenvalue weighted by atomic mass is 16.4. The van der Waals surface area contributed by atoms with Gasteiger partial charge in [-0.25, -0.2) is 0 Å². The fourth-order valence-corrected chi connectivity index (χ4v) is 1.07. The van der Waals surface area contributed by atoms with Crippen LogP contribution in [0.15, 0.2) is 0 Å². The number of ketones is 1. The Hall–Kier alpha value is -1.30. The molecule has 0 aromatic rings. The molecule has 78 valence electrons. The average molecular weight is 196 g/mol. The van der Waals surface area contributed by atoms with Gasteiger partial charge in [-0.05, 0) is 13.3 Å². The molecule has 0 heterocycles. The minimum Gasteiger partial charge on any atom is -0.481 e. The zero-order valence-electron chi connectivity index (χ0n) is 8.67. The van der Waals surface area contributed by atoms with Crippen LogP contribution >= 0.6 is 0 Å². The highest BCUT2D eigenvalue weighted by Gasteiger charge is 2.14. The summed E-state index contributed by atoms with van der Waals surface area (Å²) in [7, 11) is 0. The average Bonchev–Trinajstić information content (AvgIpc) is 2.10. The molecule has 0 aliphatic carbocycles. The molecule has 0 spiro atoms. The van der Waals surface area contributed by atoms with E-state index < -0.39 is 5.97 Å². The number of hydrogen-bond donors (Lipinski definition) is 1. The maximum Gasteiger partial charge on any atom is 0.303 e. The number of carbonyl (C=O) groups is 2. The van der Waals surface area contributed by atoms with Crippen molar-refractivity contribution in [2.24, 2.45) is 5.92 Å². The van der Waals surface area contributed by atoms with Crippen molar-refractivity contribution >= 4 is 11.8 Å². The van der Waals surface area contributed by atoms with Crippen LogP contribution in [0, 0.1) is 17.8 Å². The fraction of sp³-hybridized carbons (Fsp3) is 0.636. The number of carbonyl (C=O) groups excluding carboxylic acids is 1. The Morgan fingerprint density at radius 1 is 1.36 bits per heavy atom. The molecule has 0 aliphatic heterocycles. The van der Waals surface area contributed by atoms with Crippen LogP contribution < -0.4 is 0 Å². The normalized spacial score (nSPS) is 11.3. The highest BCUT2D eigenvalue weighted by molar-refractivity contribution is 5.79. The zero-order chi connectivity index (χ0) is 11.0. The van der Waals surface area contributed by atoms with E-state index in [-0.39, 0.29) is 18.1 Å². The Morgan fingerprint density at radius 2 is 2.00 bits per heavy atom. The lowest BCUT2D eigenvalue weighted by molar-refractivity contribution is -0.137. The molecule has 1 atom stereocenters. The third-order valence-electron chi connectivity index (χ3n) is 1.93. The van der Waals surface area contributed by atoms with Crippen LogP contribution in [0.4, 0.5) is 0 Å². The van der Waals surface area contributed by atoms with Crippen LogP contribution in [0.5, 0.6) is 0 Å². The van der Waals surface area contributed by atoms with Crippen molar-refractivity contribution in [3.05, 3.63) is 0 Å². The summed E-state index contributed by atoms with van der Waals surface area (Å²) in [4.78, 5) is 21.4. The van der Waals surface area contributed by atoms with Gasteiger partial charge in [-0.2, -0.15) is 0 Å². The number of aliphatic carboxylic acids is 1. The minimum absolute atomic E-state index is 0.0247. The first-order chi connectivity index (χ1) is 6.57. The number of hydrogen-bond acceptors (Lipinski definition) is 2. The van der Waals surface area contributed by atoms with Gasteiger partial charge in [-0.3, -0.25) is 9.59 Å². The Labute approximate surface area is 84.5 Å². The molecule has 0 saturated carbocycles. The van der Waals surface area contributed by atoms with E-state index in [0.29, 0.717) is 12.8 Å². The molecule has 3 heteroatoms. The zero-order valence-corrected chi connectivity index (χ0v) is 8.67. The Kier molecular flexibility index (Phi) is 6.47. The smallest absolute Gasteiger partial charge is 0.303 e. The summed E-state index contributed by atoms with van der Waals surface area (Å²) < 4.78 is 0. The second-order valence-corrected chi connectivity index (χ2v) is 3.15. The molecular weight excluding hydrogens is 180 g/mol. The molecule has 1 N–H and O–H groups in total. The lowest BCUT2D eigenvalue weighted by atomic mass is 9.96. The van der Waals surface area contributed by atoms with Gasteiger partial charge in [0, 0.05) is 25.2 Å². The number of carboxylic acid groups (broad SMARTS) is 1. The molecule has 3 nitrogen and oxygen atoms in total. The Morgan fingerprint density at radius 3 is 2.43 bits per heavy atom. The van der Waals surface area contributed by atoms with Gasteiger partial charge in [-0.15, -0.1) is 11.8 Å². The summed E-state index contributed by atoms with van der Waals surface area (Å²) in [6.45, 7) is 3.42. The summed E-state index contributed by atoms with van der Waals surface area (Å²) in [6.07, 6.45) is 1.68. The van der Waals surface area contributed by atoms with Gasteiger partial charge in [0.15, 0.2) is 0 Å². The minimum atomic E-state index is -0.861. The first kappa shape index (κ1) is 12.7. The molecule has 0 aromatic carbocycles. The quantitative estimate of drug-likeness (QED) is 0.683. The molecule has 0 radical (unpaired) electrons. The Bertz CT molecular complexity index is 257. The molecule has 0 aliphatic rings. The monoisotopic (exact) mass is 196 g/mol. The third kappa shape index (κ3) is 6.24. The predicted molar refractivity (Wildman–Crippen MR) is 53.7 cm³/mol. The second kappa shape index (κ2) is 7.14. The van der Waals surface area contributed by atoms with Crippen LogP contribution in [0.3, 0.4) is 0 Å². The van der Waals surface area contributed by atoms with E-state index in [1.165, 1.54) is 6.92 Å². The van der Waals surface area contributed by atoms with Gasteiger partial charge < -0.3 is 5.11 Å². The van der Waals surface area contributed by atoms with Gasteiger partial charge in [0.25, 0.3) is 0 Å². The number of rotatable bonds is 5. The van der Waals surface area contributed by atoms with Crippen molar-refractivity contribution < 1.29 is 14.7 Å². The first-order valence-electron chi connectivity index (χ1n) is 4.75. The van der Waals surface area contributed by atoms with Crippen molar-refractivity contribution in [3.63, 3.8) is 0 Å². The number of carboxylic acids is 1. The third-order valence-corrected chi connectivity index (χ3v) is 1.93. The van der Waals surface area contributed by atoms with Gasteiger partial charge in [-0.1, -0.05) is 6.92 Å². The summed E-state index contributed by atoms with van der Waals surface area (Å²) in [6, 6.07) is 0. The Balaban J connectivity index is 4.02. The van der Waals surface area contributed by atoms with Crippen LogP contribution in [0.25, 0.3) is 0 Å². The molecule has 0 amide bonds. The summed E-state index contributed by atoms with van der Waals surface area (Å²) in [5.74, 6) is 4.69. The molecule has 0 fully saturated rings. The van der Waals surface area contributed by atoms with Crippen LogP contribution in [-0.4, -0.2) is 16.9 Å². The van der Waals surface area contributed by atoms with E-state index in [2.05, 4.69) is 11.8 Å². The predicted octanol–water partition coefficient (Wildman–Crippen LogP) is 1.86. The van der Waals surface area contributed by atoms with E-state index in [9.17, 15) is 9.59 Å². The molecule has 0 aromatic heterocycles. The van der Waals surface area contributed by atoms with Crippen molar-refractivity contribution in [1.29, 1.82) is 0 Å². The lowest BCUT2D eigenvalue weighted by Gasteiger charge is -2.07. The van der Waals surface area contributed by atoms with Crippen molar-refractivity contribution in [3.8, 4) is 11.8 Å². The van der Waals surface area contributed by atoms with Gasteiger partial charge in [0.2, 0.25) is 0 Å². The van der Waals surface area contributed by atoms with Crippen molar-refractivity contribution in [2.75, 3.05) is 0 Å². The van der Waals surface area contributed by atoms with Crippen molar-refractivity contribution in [1.82, 2.24) is 0 Å². The number of Topliss-reactive ketones (excluding diaryl/α,β-unsaturated/α-hetero) is 1. The second-order valence-electron chi connectivity index (χ2n) is 3.15. The van der Waals surface area contributed by atoms with Gasteiger partial charge >= 0.3 is 5.97 Å². The molecule has 1 unspecified atom stereocenters. The van der Waals surface area contributed by atoms with E-state index in [1.54, 1.807) is 0 Å². The SMILES string of the molecule is CCC#CCC(CCC(=O)O)C(C)=O. The van der Waals surface area contributed by atoms with E-state index in [1.807, 2.05) is 6.92 Å². The molecule has 14 heavy (non-hydrogen) atoms. The molecule has 0 rings (SSSR count). The van der Waals surface area contributed by atoms with E-state index >= 15 is 0 Å².